The number of nitrogens with two attached hydrogens (primary N) is 1. The van der Waals surface area contributed by atoms with Gasteiger partial charge in [-0.1, -0.05) is 29.3 Å². The predicted octanol–water partition coefficient (Wildman–Crippen LogP) is 3.30. The van der Waals surface area contributed by atoms with Crippen LogP contribution in [0.2, 0.25) is 10.0 Å². The van der Waals surface area contributed by atoms with Gasteiger partial charge in [0.25, 0.3) is 0 Å². The Morgan fingerprint density at radius 2 is 2.05 bits per heavy atom. The maximum atomic E-state index is 12.3. The zero-order chi connectivity index (χ0) is 13.8. The van der Waals surface area contributed by atoms with Gasteiger partial charge in [0, 0.05) is 19.1 Å². The average molecular weight is 338 g/mol. The highest BCUT2D eigenvalue weighted by Gasteiger charge is 2.25. The monoisotopic (exact) mass is 336 g/mol. The van der Waals surface area contributed by atoms with E-state index in [1.165, 1.54) is 0 Å². The van der Waals surface area contributed by atoms with E-state index < -0.39 is 0 Å². The van der Waals surface area contributed by atoms with Crippen molar-refractivity contribution in [3.8, 4) is 0 Å². The maximum absolute atomic E-state index is 12.3. The lowest BCUT2D eigenvalue weighted by molar-refractivity contribution is -0.133. The molecule has 1 saturated heterocycles. The van der Waals surface area contributed by atoms with E-state index in [9.17, 15) is 4.79 Å². The van der Waals surface area contributed by atoms with Crippen LogP contribution in [-0.2, 0) is 11.2 Å². The Hall–Kier alpha value is -0.480. The Labute approximate surface area is 135 Å². The summed E-state index contributed by atoms with van der Waals surface area (Å²) in [5.74, 6) is 0.119. The quantitative estimate of drug-likeness (QED) is 0.920. The van der Waals surface area contributed by atoms with Crippen LogP contribution in [0.3, 0.4) is 0 Å². The minimum atomic E-state index is 0. The summed E-state index contributed by atoms with van der Waals surface area (Å²) in [6.07, 6.45) is 3.57. The van der Waals surface area contributed by atoms with Crippen molar-refractivity contribution in [1.29, 1.82) is 0 Å². The lowest BCUT2D eigenvalue weighted by atomic mass is 10.0. The van der Waals surface area contributed by atoms with E-state index in [2.05, 4.69) is 0 Å². The predicted molar refractivity (Wildman–Crippen MR) is 85.8 cm³/mol. The molecule has 2 N–H and O–H groups in total. The summed E-state index contributed by atoms with van der Waals surface area (Å²) in [6.45, 7) is 1.34. The number of likely N-dealkylation sites (tertiary alicyclic amines) is 1. The number of piperidine rings is 1. The molecule has 0 saturated carbocycles. The molecule has 0 radical (unpaired) electrons. The molecule has 0 aromatic heterocycles. The number of hydrogen-bond acceptors (Lipinski definition) is 2. The smallest absolute Gasteiger partial charge is 0.227 e. The number of rotatable bonds is 3. The van der Waals surface area contributed by atoms with E-state index in [4.69, 9.17) is 28.9 Å². The van der Waals surface area contributed by atoms with Gasteiger partial charge in [0.2, 0.25) is 5.91 Å². The van der Waals surface area contributed by atoms with Gasteiger partial charge in [0.05, 0.1) is 16.5 Å². The van der Waals surface area contributed by atoms with Crippen LogP contribution < -0.4 is 5.73 Å². The highest BCUT2D eigenvalue weighted by molar-refractivity contribution is 6.42. The molecule has 1 aliphatic heterocycles. The third kappa shape index (κ3) is 4.26. The molecule has 1 heterocycles. The first-order valence-electron chi connectivity index (χ1n) is 6.55. The first kappa shape index (κ1) is 17.6. The van der Waals surface area contributed by atoms with Gasteiger partial charge in [0.1, 0.15) is 0 Å². The topological polar surface area (TPSA) is 46.3 Å². The normalized spacial score (nSPS) is 18.6. The van der Waals surface area contributed by atoms with Crippen LogP contribution in [0, 0.1) is 0 Å². The van der Waals surface area contributed by atoms with Gasteiger partial charge < -0.3 is 10.6 Å². The van der Waals surface area contributed by atoms with Gasteiger partial charge in [-0.3, -0.25) is 4.79 Å². The number of carbonyl (C=O) groups excluding carboxylic acids is 1. The van der Waals surface area contributed by atoms with E-state index in [0.717, 1.165) is 31.4 Å². The second-order valence-corrected chi connectivity index (χ2v) is 5.71. The standard InChI is InChI=1S/C14H18Cl2N2O.ClH/c15-12-5-4-10(7-13(12)16)8-14(19)18-6-2-1-3-11(18)9-17;/h4-5,7,11H,1-3,6,8-9,17H2;1H. The minimum Gasteiger partial charge on any atom is -0.338 e. The van der Waals surface area contributed by atoms with Crippen LogP contribution in [0.25, 0.3) is 0 Å². The van der Waals surface area contributed by atoms with Crippen LogP contribution in [0.5, 0.6) is 0 Å². The molecule has 1 unspecified atom stereocenters. The van der Waals surface area contributed by atoms with Crippen LogP contribution >= 0.6 is 35.6 Å². The first-order valence-corrected chi connectivity index (χ1v) is 7.31. The van der Waals surface area contributed by atoms with E-state index in [-0.39, 0.29) is 24.4 Å². The molecule has 20 heavy (non-hydrogen) atoms. The molecular formula is C14H19Cl3N2O. The molecule has 3 nitrogen and oxygen atoms in total. The zero-order valence-electron chi connectivity index (χ0n) is 11.1. The van der Waals surface area contributed by atoms with Crippen molar-refractivity contribution >= 4 is 41.5 Å². The molecule has 0 aliphatic carbocycles. The summed E-state index contributed by atoms with van der Waals surface area (Å²) >= 11 is 11.8. The summed E-state index contributed by atoms with van der Waals surface area (Å²) in [5, 5.41) is 0.997. The van der Waals surface area contributed by atoms with Crippen LogP contribution in [0.15, 0.2) is 18.2 Å². The van der Waals surface area contributed by atoms with Gasteiger partial charge in [0.15, 0.2) is 0 Å². The third-order valence-electron chi connectivity index (χ3n) is 3.56. The summed E-state index contributed by atoms with van der Waals surface area (Å²) in [6, 6.07) is 5.50. The summed E-state index contributed by atoms with van der Waals surface area (Å²) in [4.78, 5) is 14.2. The van der Waals surface area contributed by atoms with E-state index in [1.54, 1.807) is 12.1 Å². The van der Waals surface area contributed by atoms with Crippen molar-refractivity contribution in [3.05, 3.63) is 33.8 Å². The maximum Gasteiger partial charge on any atom is 0.227 e. The molecule has 0 bridgehead atoms. The highest BCUT2D eigenvalue weighted by atomic mass is 35.5. The van der Waals surface area contributed by atoms with Gasteiger partial charge >= 0.3 is 0 Å². The van der Waals surface area contributed by atoms with E-state index in [1.807, 2.05) is 11.0 Å². The van der Waals surface area contributed by atoms with Crippen molar-refractivity contribution in [1.82, 2.24) is 4.90 Å². The summed E-state index contributed by atoms with van der Waals surface area (Å²) in [7, 11) is 0. The van der Waals surface area contributed by atoms with Crippen molar-refractivity contribution < 1.29 is 4.79 Å². The number of hydrogen-bond donors (Lipinski definition) is 1. The molecule has 1 aromatic carbocycles. The molecule has 112 valence electrons. The molecule has 1 amide bonds. The fourth-order valence-corrected chi connectivity index (χ4v) is 2.82. The van der Waals surface area contributed by atoms with Gasteiger partial charge in [-0.15, -0.1) is 12.4 Å². The number of halogens is 3. The second kappa shape index (κ2) is 8.08. The lowest BCUT2D eigenvalue weighted by Crippen LogP contribution is -2.48. The fourth-order valence-electron chi connectivity index (χ4n) is 2.50. The number of amides is 1. The van der Waals surface area contributed by atoms with Gasteiger partial charge in [-0.25, -0.2) is 0 Å². The summed E-state index contributed by atoms with van der Waals surface area (Å²) < 4.78 is 0. The molecule has 1 aliphatic rings. The Balaban J connectivity index is 0.00000200. The Morgan fingerprint density at radius 1 is 1.30 bits per heavy atom. The zero-order valence-corrected chi connectivity index (χ0v) is 13.5. The number of carbonyl (C=O) groups is 1. The van der Waals surface area contributed by atoms with Gasteiger partial charge in [-0.2, -0.15) is 0 Å². The van der Waals surface area contributed by atoms with Crippen LogP contribution in [0.4, 0.5) is 0 Å². The van der Waals surface area contributed by atoms with E-state index >= 15 is 0 Å². The summed E-state index contributed by atoms with van der Waals surface area (Å²) in [5.41, 5.74) is 6.63. The Morgan fingerprint density at radius 3 is 2.70 bits per heavy atom. The molecule has 6 heteroatoms. The van der Waals surface area contributed by atoms with Crippen molar-refractivity contribution in [3.63, 3.8) is 0 Å². The van der Waals surface area contributed by atoms with E-state index in [0.29, 0.717) is 23.0 Å². The SMILES string of the molecule is Cl.NCC1CCCCN1C(=O)Cc1ccc(Cl)c(Cl)c1. The Kier molecular flexibility index (Phi) is 7.10. The second-order valence-electron chi connectivity index (χ2n) is 4.90. The first-order chi connectivity index (χ1) is 9.11. The van der Waals surface area contributed by atoms with Crippen LogP contribution in [0.1, 0.15) is 24.8 Å². The average Bonchev–Trinajstić information content (AvgIpc) is 2.43. The number of nitrogens with zero attached hydrogens (tertiary/aromatic N) is 1. The van der Waals surface area contributed by atoms with Crippen molar-refractivity contribution in [2.24, 2.45) is 5.73 Å². The number of benzene rings is 1. The fraction of sp³-hybridized carbons (Fsp3) is 0.500. The molecule has 1 atom stereocenters. The third-order valence-corrected chi connectivity index (χ3v) is 4.30. The highest BCUT2D eigenvalue weighted by Crippen LogP contribution is 2.24. The molecule has 2 rings (SSSR count). The molecule has 1 fully saturated rings. The van der Waals surface area contributed by atoms with Crippen LogP contribution in [-0.4, -0.2) is 29.9 Å². The van der Waals surface area contributed by atoms with Crippen molar-refractivity contribution in [2.75, 3.05) is 13.1 Å². The molecular weight excluding hydrogens is 319 g/mol. The molecule has 0 spiro atoms. The van der Waals surface area contributed by atoms with Crippen molar-refractivity contribution in [2.45, 2.75) is 31.7 Å². The van der Waals surface area contributed by atoms with Gasteiger partial charge in [-0.05, 0) is 37.0 Å². The Bertz CT molecular complexity index is 468. The largest absolute Gasteiger partial charge is 0.338 e. The molecule has 1 aromatic rings. The minimum absolute atomic E-state index is 0. The lowest BCUT2D eigenvalue weighted by Gasteiger charge is -2.35.